The molecule has 1 aliphatic carbocycles. The van der Waals surface area contributed by atoms with Gasteiger partial charge in [-0.15, -0.1) is 0 Å². The Morgan fingerprint density at radius 2 is 1.51 bits per heavy atom. The van der Waals surface area contributed by atoms with Crippen LogP contribution < -0.4 is 11.1 Å². The Morgan fingerprint density at radius 3 is 2.20 bits per heavy atom. The Kier molecular flexibility index (Phi) is 5.86. The van der Waals surface area contributed by atoms with Crippen LogP contribution in [0.1, 0.15) is 33.2 Å². The summed E-state index contributed by atoms with van der Waals surface area (Å²) in [7, 11) is -4.74. The number of carbonyl (C=O) groups is 1. The fourth-order valence-electron chi connectivity index (χ4n) is 4.15. The van der Waals surface area contributed by atoms with Gasteiger partial charge in [0, 0.05) is 32.3 Å². The first-order valence-electron chi connectivity index (χ1n) is 10.6. The topological polar surface area (TPSA) is 130 Å². The number of benzene rings is 4. The Balaban J connectivity index is 1.58. The van der Waals surface area contributed by atoms with Crippen molar-refractivity contribution < 1.29 is 22.9 Å². The van der Waals surface area contributed by atoms with E-state index in [1.54, 1.807) is 48.2 Å². The molecule has 1 atom stereocenters. The average Bonchev–Trinajstić information content (AvgIpc) is 2.84. The van der Waals surface area contributed by atoms with E-state index in [1.807, 2.05) is 42.5 Å². The summed E-state index contributed by atoms with van der Waals surface area (Å²) < 4.78 is 33.9. The van der Waals surface area contributed by atoms with E-state index in [0.717, 1.165) is 15.9 Å². The van der Waals surface area contributed by atoms with Gasteiger partial charge in [-0.3, -0.25) is 9.35 Å². The molecule has 1 aliphatic rings. The molecule has 4 aromatic carbocycles. The highest BCUT2D eigenvalue weighted by atomic mass is 32.2. The second-order valence-electron chi connectivity index (χ2n) is 7.98. The van der Waals surface area contributed by atoms with Crippen molar-refractivity contribution in [3.8, 4) is 0 Å². The van der Waals surface area contributed by atoms with Crippen LogP contribution in [0.25, 0.3) is 0 Å². The third-order valence-electron chi connectivity index (χ3n) is 5.76. The molecule has 0 radical (unpaired) electrons. The fraction of sp³-hybridized carbons (Fsp3) is 0.0385. The van der Waals surface area contributed by atoms with Crippen LogP contribution in [0, 0.1) is 0 Å². The van der Waals surface area contributed by atoms with E-state index < -0.39 is 32.6 Å². The lowest BCUT2D eigenvalue weighted by Gasteiger charge is -2.28. The molecule has 0 saturated carbocycles. The van der Waals surface area contributed by atoms with E-state index in [-0.39, 0.29) is 22.4 Å². The van der Waals surface area contributed by atoms with Gasteiger partial charge in [-0.1, -0.05) is 54.2 Å². The first kappa shape index (κ1) is 23.1. The SMILES string of the molecule is Nc1c(S(=O)(=O)O)cc(Nc2ccc(Sc3ccccc3)cc2)c2c1C(=O)c1ccccc1C2O. The third-order valence-corrected chi connectivity index (χ3v) is 7.67. The molecule has 0 fully saturated rings. The van der Waals surface area contributed by atoms with Gasteiger partial charge < -0.3 is 16.2 Å². The first-order valence-corrected chi connectivity index (χ1v) is 12.8. The summed E-state index contributed by atoms with van der Waals surface area (Å²) >= 11 is 1.58. The van der Waals surface area contributed by atoms with E-state index in [2.05, 4.69) is 5.32 Å². The Bertz CT molecular complexity index is 1550. The molecule has 0 aliphatic heterocycles. The number of nitrogens with one attached hydrogen (secondary N) is 1. The van der Waals surface area contributed by atoms with Crippen molar-refractivity contribution in [2.75, 3.05) is 11.1 Å². The van der Waals surface area contributed by atoms with Gasteiger partial charge in [-0.05, 0) is 48.0 Å². The van der Waals surface area contributed by atoms with Gasteiger partial charge in [0.1, 0.15) is 11.0 Å². The largest absolute Gasteiger partial charge is 0.397 e. The van der Waals surface area contributed by atoms with Crippen LogP contribution >= 0.6 is 11.8 Å². The van der Waals surface area contributed by atoms with Crippen molar-refractivity contribution in [1.82, 2.24) is 0 Å². The average molecular weight is 505 g/mol. The number of anilines is 3. The number of aliphatic hydroxyl groups excluding tert-OH is 1. The van der Waals surface area contributed by atoms with E-state index >= 15 is 0 Å². The van der Waals surface area contributed by atoms with Crippen LogP contribution in [0.3, 0.4) is 0 Å². The first-order chi connectivity index (χ1) is 16.7. The number of carbonyl (C=O) groups excluding carboxylic acids is 1. The summed E-state index contributed by atoms with van der Waals surface area (Å²) in [5.74, 6) is -0.526. The number of nitrogens with two attached hydrogens (primary N) is 1. The maximum atomic E-state index is 13.3. The molecule has 35 heavy (non-hydrogen) atoms. The van der Waals surface area contributed by atoms with Gasteiger partial charge in [0.05, 0.1) is 11.3 Å². The van der Waals surface area contributed by atoms with Crippen LogP contribution in [0.2, 0.25) is 0 Å². The van der Waals surface area contributed by atoms with Crippen LogP contribution in [0.5, 0.6) is 0 Å². The van der Waals surface area contributed by atoms with Crippen molar-refractivity contribution in [1.29, 1.82) is 0 Å². The lowest BCUT2D eigenvalue weighted by atomic mass is 9.81. The molecule has 0 amide bonds. The van der Waals surface area contributed by atoms with Gasteiger partial charge in [-0.25, -0.2) is 0 Å². The molecular weight excluding hydrogens is 484 g/mol. The summed E-state index contributed by atoms with van der Waals surface area (Å²) in [6.07, 6.45) is -1.23. The molecule has 9 heteroatoms. The maximum absolute atomic E-state index is 13.3. The van der Waals surface area contributed by atoms with E-state index in [4.69, 9.17) is 5.73 Å². The molecule has 5 N–H and O–H groups in total. The minimum Gasteiger partial charge on any atom is -0.397 e. The molecule has 1 unspecified atom stereocenters. The van der Waals surface area contributed by atoms with Crippen LogP contribution in [-0.2, 0) is 10.1 Å². The van der Waals surface area contributed by atoms with Gasteiger partial charge in [0.25, 0.3) is 10.1 Å². The summed E-state index contributed by atoms with van der Waals surface area (Å²) in [4.78, 5) is 14.7. The normalized spacial score (nSPS) is 14.8. The molecule has 0 heterocycles. The number of rotatable bonds is 5. The Labute approximate surface area is 206 Å². The highest BCUT2D eigenvalue weighted by Gasteiger charge is 2.36. The minimum atomic E-state index is -4.74. The molecule has 0 saturated heterocycles. The Hall–Kier alpha value is -3.63. The predicted octanol–water partition coefficient (Wildman–Crippen LogP) is 5.04. The van der Waals surface area contributed by atoms with Crippen molar-refractivity contribution in [3.63, 3.8) is 0 Å². The van der Waals surface area contributed by atoms with Crippen LogP contribution in [0.15, 0.2) is 99.6 Å². The second-order valence-corrected chi connectivity index (χ2v) is 10.5. The number of nitrogen functional groups attached to an aromatic ring is 1. The van der Waals surface area contributed by atoms with Gasteiger partial charge in [0.2, 0.25) is 0 Å². The van der Waals surface area contributed by atoms with Crippen molar-refractivity contribution in [3.05, 3.63) is 107 Å². The van der Waals surface area contributed by atoms with E-state index in [0.29, 0.717) is 11.3 Å². The van der Waals surface area contributed by atoms with Crippen molar-refractivity contribution in [2.24, 2.45) is 0 Å². The van der Waals surface area contributed by atoms with E-state index in [1.165, 1.54) is 0 Å². The molecule has 0 bridgehead atoms. The molecule has 5 rings (SSSR count). The van der Waals surface area contributed by atoms with Gasteiger partial charge in [0.15, 0.2) is 5.78 Å². The number of fused-ring (bicyclic) bond motifs is 2. The predicted molar refractivity (Wildman–Crippen MR) is 135 cm³/mol. The highest BCUT2D eigenvalue weighted by Crippen LogP contribution is 2.44. The molecule has 0 aromatic heterocycles. The molecule has 4 aromatic rings. The lowest BCUT2D eigenvalue weighted by Crippen LogP contribution is -2.23. The second kappa shape index (κ2) is 8.86. The van der Waals surface area contributed by atoms with Crippen LogP contribution in [-0.4, -0.2) is 23.9 Å². The minimum absolute atomic E-state index is 0.148. The monoisotopic (exact) mass is 504 g/mol. The molecule has 7 nitrogen and oxygen atoms in total. The third kappa shape index (κ3) is 4.30. The quantitative estimate of drug-likeness (QED) is 0.220. The maximum Gasteiger partial charge on any atom is 0.296 e. The standard InChI is InChI=1S/C26H20N2O5S2/c27-24-21(35(31,32)33)14-20(22-23(24)26(30)19-9-5-4-8-18(19)25(22)29)28-15-10-12-17(13-11-15)34-16-6-2-1-3-7-16/h1-14,25,28-29H,27H2,(H,31,32,33). The van der Waals surface area contributed by atoms with Crippen molar-refractivity contribution in [2.45, 2.75) is 20.8 Å². The molecular formula is C26H20N2O5S2. The number of hydrogen-bond donors (Lipinski definition) is 4. The summed E-state index contributed by atoms with van der Waals surface area (Å²) in [6.45, 7) is 0. The summed E-state index contributed by atoms with van der Waals surface area (Å²) in [6, 6.07) is 24.9. The smallest absolute Gasteiger partial charge is 0.296 e. The number of ketones is 1. The van der Waals surface area contributed by atoms with Gasteiger partial charge in [-0.2, -0.15) is 8.42 Å². The lowest BCUT2D eigenvalue weighted by molar-refractivity contribution is 0.102. The van der Waals surface area contributed by atoms with E-state index in [9.17, 15) is 22.9 Å². The summed E-state index contributed by atoms with van der Waals surface area (Å²) in [5.41, 5.74) is 7.02. The number of hydrogen-bond acceptors (Lipinski definition) is 7. The van der Waals surface area contributed by atoms with Crippen molar-refractivity contribution >= 4 is 44.7 Å². The van der Waals surface area contributed by atoms with Gasteiger partial charge >= 0.3 is 0 Å². The zero-order valence-corrected chi connectivity index (χ0v) is 19.8. The Morgan fingerprint density at radius 1 is 0.886 bits per heavy atom. The summed E-state index contributed by atoms with van der Waals surface area (Å²) in [5, 5.41) is 14.2. The molecule has 176 valence electrons. The van der Waals surface area contributed by atoms with Crippen LogP contribution in [0.4, 0.5) is 17.1 Å². The number of aliphatic hydroxyl groups is 1. The highest BCUT2D eigenvalue weighted by molar-refractivity contribution is 7.99. The zero-order valence-electron chi connectivity index (χ0n) is 18.2. The fourth-order valence-corrected chi connectivity index (χ4v) is 5.64. The molecule has 0 spiro atoms. The zero-order chi connectivity index (χ0) is 24.7.